The minimum absolute atomic E-state index is 0.0158. The second-order valence-corrected chi connectivity index (χ2v) is 8.29. The summed E-state index contributed by atoms with van der Waals surface area (Å²) in [5.74, 6) is -0.479. The summed E-state index contributed by atoms with van der Waals surface area (Å²) in [6, 6.07) is 7.91. The van der Waals surface area contributed by atoms with Crippen LogP contribution in [0.5, 0.6) is 17.2 Å². The Balaban J connectivity index is 1.76. The molecule has 0 atom stereocenters. The molecule has 2 aromatic rings. The number of anilines is 1. The van der Waals surface area contributed by atoms with E-state index >= 15 is 0 Å². The van der Waals surface area contributed by atoms with Crippen LogP contribution < -0.4 is 14.8 Å². The number of hydrogen-bond donors (Lipinski definition) is 2. The molecular weight excluding hydrogens is 468 g/mol. The first-order valence-corrected chi connectivity index (χ1v) is 10.9. The summed E-state index contributed by atoms with van der Waals surface area (Å²) in [7, 11) is 2.89. The molecule has 0 unspecified atom stereocenters. The average molecular weight is 489 g/mol. The summed E-state index contributed by atoms with van der Waals surface area (Å²) in [6.45, 7) is 3.21. The number of nitrogens with zero attached hydrogens (tertiary/aromatic N) is 1. The predicted octanol–water partition coefficient (Wildman–Crippen LogP) is 4.47. The molecule has 0 radical (unpaired) electrons. The van der Waals surface area contributed by atoms with Gasteiger partial charge in [-0.2, -0.15) is 0 Å². The number of carbonyl (C=O) groups excluding carboxylic acids is 3. The van der Waals surface area contributed by atoms with E-state index < -0.39 is 23.6 Å². The molecule has 3 amide bonds. The highest BCUT2D eigenvalue weighted by Crippen LogP contribution is 2.36. The van der Waals surface area contributed by atoms with E-state index in [-0.39, 0.29) is 16.4 Å². The molecule has 0 aromatic heterocycles. The first-order valence-electron chi connectivity index (χ1n) is 9.67. The van der Waals surface area contributed by atoms with Gasteiger partial charge in [0.05, 0.1) is 24.1 Å². The number of aromatic hydroxyl groups is 1. The van der Waals surface area contributed by atoms with Gasteiger partial charge in [-0.25, -0.2) is 0 Å². The zero-order valence-corrected chi connectivity index (χ0v) is 19.5. The van der Waals surface area contributed by atoms with Crippen LogP contribution in [0.2, 0.25) is 5.02 Å². The van der Waals surface area contributed by atoms with E-state index in [0.29, 0.717) is 34.0 Å². The third kappa shape index (κ3) is 5.50. The summed E-state index contributed by atoms with van der Waals surface area (Å²) < 4.78 is 10.3. The van der Waals surface area contributed by atoms with Gasteiger partial charge in [-0.1, -0.05) is 17.7 Å². The number of amides is 3. The van der Waals surface area contributed by atoms with Crippen LogP contribution in [0.1, 0.15) is 11.1 Å². The maximum absolute atomic E-state index is 12.8. The number of phenols is 1. The molecule has 0 spiro atoms. The zero-order chi connectivity index (χ0) is 24.1. The summed E-state index contributed by atoms with van der Waals surface area (Å²) in [5.41, 5.74) is 1.52. The molecule has 1 saturated heterocycles. The van der Waals surface area contributed by atoms with E-state index in [2.05, 4.69) is 11.9 Å². The first-order chi connectivity index (χ1) is 15.8. The van der Waals surface area contributed by atoms with Gasteiger partial charge in [0.25, 0.3) is 11.1 Å². The van der Waals surface area contributed by atoms with Crippen molar-refractivity contribution in [2.24, 2.45) is 0 Å². The highest BCUT2D eigenvalue weighted by Gasteiger charge is 2.36. The molecule has 1 aliphatic heterocycles. The maximum Gasteiger partial charge on any atom is 0.294 e. The summed E-state index contributed by atoms with van der Waals surface area (Å²) in [5, 5.41) is 12.6. The third-order valence-corrected chi connectivity index (χ3v) is 5.87. The molecule has 0 aliphatic carbocycles. The Kier molecular flexibility index (Phi) is 7.67. The van der Waals surface area contributed by atoms with Crippen LogP contribution in [0.25, 0.3) is 6.08 Å². The number of carbonyl (C=O) groups is 3. The second-order valence-electron chi connectivity index (χ2n) is 6.89. The Morgan fingerprint density at radius 3 is 2.58 bits per heavy atom. The Morgan fingerprint density at radius 1 is 1.21 bits per heavy atom. The quantitative estimate of drug-likeness (QED) is 0.417. The minimum Gasteiger partial charge on any atom is -0.504 e. The zero-order valence-electron chi connectivity index (χ0n) is 17.9. The van der Waals surface area contributed by atoms with Gasteiger partial charge in [0.2, 0.25) is 5.91 Å². The van der Waals surface area contributed by atoms with Crippen molar-refractivity contribution in [3.63, 3.8) is 0 Å². The van der Waals surface area contributed by atoms with Gasteiger partial charge < -0.3 is 19.9 Å². The molecule has 33 heavy (non-hydrogen) atoms. The van der Waals surface area contributed by atoms with Gasteiger partial charge in [-0.15, -0.1) is 6.58 Å². The lowest BCUT2D eigenvalue weighted by Crippen LogP contribution is -2.36. The van der Waals surface area contributed by atoms with Crippen LogP contribution >= 0.6 is 23.4 Å². The Morgan fingerprint density at radius 2 is 1.94 bits per heavy atom. The van der Waals surface area contributed by atoms with Crippen LogP contribution in [-0.4, -0.2) is 47.8 Å². The monoisotopic (exact) mass is 488 g/mol. The largest absolute Gasteiger partial charge is 0.504 e. The molecule has 8 nitrogen and oxygen atoms in total. The smallest absolute Gasteiger partial charge is 0.294 e. The van der Waals surface area contributed by atoms with E-state index in [0.717, 1.165) is 16.7 Å². The van der Waals surface area contributed by atoms with Crippen LogP contribution in [0, 0.1) is 0 Å². The average Bonchev–Trinajstić information content (AvgIpc) is 3.03. The van der Waals surface area contributed by atoms with Crippen LogP contribution in [-0.2, 0) is 16.0 Å². The van der Waals surface area contributed by atoms with Crippen molar-refractivity contribution < 1.29 is 29.0 Å². The number of imide groups is 1. The Hall–Kier alpha value is -3.43. The summed E-state index contributed by atoms with van der Waals surface area (Å²) in [4.78, 5) is 38.6. The van der Waals surface area contributed by atoms with Crippen LogP contribution in [0.4, 0.5) is 10.5 Å². The van der Waals surface area contributed by atoms with Crippen LogP contribution in [0.3, 0.4) is 0 Å². The number of phenolic OH excluding ortho intramolecular Hbond substituents is 1. The van der Waals surface area contributed by atoms with Crippen molar-refractivity contribution in [2.75, 3.05) is 26.1 Å². The van der Waals surface area contributed by atoms with E-state index in [1.54, 1.807) is 30.3 Å². The van der Waals surface area contributed by atoms with Gasteiger partial charge in [0, 0.05) is 11.3 Å². The molecule has 172 valence electrons. The number of halogens is 1. The molecule has 0 bridgehead atoms. The highest BCUT2D eigenvalue weighted by atomic mass is 35.5. The van der Waals surface area contributed by atoms with Gasteiger partial charge >= 0.3 is 0 Å². The Labute approximate surface area is 199 Å². The predicted molar refractivity (Wildman–Crippen MR) is 128 cm³/mol. The molecule has 3 rings (SSSR count). The summed E-state index contributed by atoms with van der Waals surface area (Å²) in [6.07, 6.45) is 3.53. The lowest BCUT2D eigenvalue weighted by molar-refractivity contribution is -0.127. The minimum atomic E-state index is -0.592. The molecule has 10 heteroatoms. The number of nitrogens with one attached hydrogen (secondary N) is 1. The topological polar surface area (TPSA) is 105 Å². The first kappa shape index (κ1) is 24.2. The lowest BCUT2D eigenvalue weighted by Gasteiger charge is -2.13. The number of ether oxygens (including phenoxy) is 2. The lowest BCUT2D eigenvalue weighted by atomic mass is 10.1. The molecule has 1 heterocycles. The number of thioether (sulfide) groups is 1. The number of benzene rings is 2. The summed E-state index contributed by atoms with van der Waals surface area (Å²) >= 11 is 6.78. The van der Waals surface area contributed by atoms with Crippen molar-refractivity contribution >= 4 is 52.2 Å². The molecule has 2 N–H and O–H groups in total. The van der Waals surface area contributed by atoms with E-state index in [1.165, 1.54) is 26.4 Å². The van der Waals surface area contributed by atoms with Crippen LogP contribution in [0.15, 0.2) is 47.9 Å². The third-order valence-electron chi connectivity index (χ3n) is 4.67. The Bertz CT molecular complexity index is 1160. The maximum atomic E-state index is 12.8. The molecule has 1 fully saturated rings. The van der Waals surface area contributed by atoms with Crippen molar-refractivity contribution in [3.8, 4) is 17.2 Å². The van der Waals surface area contributed by atoms with Crippen molar-refractivity contribution in [2.45, 2.75) is 6.42 Å². The van der Waals surface area contributed by atoms with Gasteiger partial charge in [-0.05, 0) is 60.2 Å². The van der Waals surface area contributed by atoms with E-state index in [9.17, 15) is 19.5 Å². The number of methoxy groups -OCH3 is 2. The SMILES string of the molecule is C=CCc1cc(/C=C2\SC(=O)N(CC(=O)Nc3ccc(OC)c(Cl)c3)C2=O)cc(OC)c1O. The van der Waals surface area contributed by atoms with Crippen molar-refractivity contribution in [1.29, 1.82) is 0 Å². The molecular formula is C23H21ClN2O6S. The molecule has 0 saturated carbocycles. The number of allylic oxidation sites excluding steroid dienone is 1. The van der Waals surface area contributed by atoms with Crippen molar-refractivity contribution in [3.05, 3.63) is 64.0 Å². The molecule has 2 aromatic carbocycles. The van der Waals surface area contributed by atoms with E-state index in [1.807, 2.05) is 0 Å². The van der Waals surface area contributed by atoms with Crippen molar-refractivity contribution in [1.82, 2.24) is 4.90 Å². The van der Waals surface area contributed by atoms with Gasteiger partial charge in [-0.3, -0.25) is 19.3 Å². The number of hydrogen-bond acceptors (Lipinski definition) is 7. The highest BCUT2D eigenvalue weighted by molar-refractivity contribution is 8.18. The normalized spacial score (nSPS) is 14.5. The van der Waals surface area contributed by atoms with Gasteiger partial charge in [0.15, 0.2) is 11.5 Å². The standard InChI is InChI=1S/C23H21ClN2O6S/c1-4-5-14-8-13(9-18(32-3)21(14)28)10-19-22(29)26(23(30)33-19)12-20(27)25-15-6-7-17(31-2)16(24)11-15/h4,6-11,28H,1,5,12H2,2-3H3,(H,25,27)/b19-10-. The van der Waals surface area contributed by atoms with E-state index in [4.69, 9.17) is 21.1 Å². The fourth-order valence-electron chi connectivity index (χ4n) is 3.12. The fourth-order valence-corrected chi connectivity index (χ4v) is 4.21. The second kappa shape index (κ2) is 10.5. The molecule has 1 aliphatic rings. The van der Waals surface area contributed by atoms with Gasteiger partial charge in [0.1, 0.15) is 12.3 Å². The number of rotatable bonds is 8. The fraction of sp³-hybridized carbons (Fsp3) is 0.174.